The number of likely N-dealkylation sites (N-methyl/N-ethyl adjacent to an activating group) is 1. The van der Waals surface area contributed by atoms with Gasteiger partial charge in [-0.15, -0.1) is 5.10 Å². The van der Waals surface area contributed by atoms with Crippen LogP contribution < -0.4 is 25.2 Å². The minimum Gasteiger partial charge on any atom is -0.495 e. The van der Waals surface area contributed by atoms with Crippen LogP contribution in [0.4, 0.5) is 27.9 Å². The number of hydrogen-bond donors (Lipinski definition) is 2. The molecule has 2 aromatic carbocycles. The zero-order valence-corrected chi connectivity index (χ0v) is 42.4. The molecular formula is C54H67N11O7. The third-order valence-corrected chi connectivity index (χ3v) is 14.8. The second-order valence-electron chi connectivity index (χ2n) is 20.7. The van der Waals surface area contributed by atoms with Gasteiger partial charge in [-0.05, 0) is 115 Å². The predicted octanol–water partition coefficient (Wildman–Crippen LogP) is 8.09. The molecule has 2 aromatic heterocycles. The molecule has 18 nitrogen and oxygen atoms in total. The summed E-state index contributed by atoms with van der Waals surface area (Å²) in [4.78, 5) is 81.5. The highest BCUT2D eigenvalue weighted by molar-refractivity contribution is 6.06. The standard InChI is InChI=1S/C54H67N11O7/c1-7-43-51(69)61(5)45-31-55-52(58-48(45)65(43)38-18-12-13-19-38)56-41-26-21-35(30-46(41)71-6)42-33-64(60-59-42)37-24-22-36(23-25-37)62(53(70)72-54(2,3)4)29-14-10-8-9-11-16-34-17-15-20-39-40(34)32-63(50(39)68)44-27-28-47(66)57-49(44)67/h15,17,20-21,26,30-31,33,36-38,43-44H,7-10,12-14,18-19,22-25,27-29,32H2,1-6H3,(H,55,56,58)(H,57,66,67)/t36?,37?,43-,44?/m1/s1. The lowest BCUT2D eigenvalue weighted by molar-refractivity contribution is -0.137. The van der Waals surface area contributed by atoms with E-state index in [9.17, 15) is 24.0 Å². The number of unbranched alkanes of at least 4 members (excludes halogenated alkanes) is 3. The van der Waals surface area contributed by atoms with Crippen LogP contribution >= 0.6 is 0 Å². The van der Waals surface area contributed by atoms with Crippen molar-refractivity contribution in [1.29, 1.82) is 0 Å². The molecule has 3 aliphatic heterocycles. The van der Waals surface area contributed by atoms with Crippen LogP contribution in [0.2, 0.25) is 0 Å². The van der Waals surface area contributed by atoms with E-state index in [4.69, 9.17) is 14.5 Å². The summed E-state index contributed by atoms with van der Waals surface area (Å²) in [5.41, 5.74) is 4.50. The van der Waals surface area contributed by atoms with Gasteiger partial charge < -0.3 is 34.4 Å². The van der Waals surface area contributed by atoms with Gasteiger partial charge in [-0.3, -0.25) is 24.5 Å². The summed E-state index contributed by atoms with van der Waals surface area (Å²) in [6, 6.07) is 10.8. The summed E-state index contributed by atoms with van der Waals surface area (Å²) in [5.74, 6) is 7.47. The van der Waals surface area contributed by atoms with E-state index in [0.29, 0.717) is 54.4 Å². The number of nitrogens with one attached hydrogen (secondary N) is 2. The summed E-state index contributed by atoms with van der Waals surface area (Å²) < 4.78 is 13.7. The van der Waals surface area contributed by atoms with Gasteiger partial charge in [-0.25, -0.2) is 14.5 Å². The molecular weight excluding hydrogens is 915 g/mol. The van der Waals surface area contributed by atoms with Crippen molar-refractivity contribution in [3.8, 4) is 28.8 Å². The largest absolute Gasteiger partial charge is 0.495 e. The number of benzene rings is 2. The van der Waals surface area contributed by atoms with E-state index in [1.54, 1.807) is 36.2 Å². The fourth-order valence-corrected chi connectivity index (χ4v) is 11.0. The average molecular weight is 982 g/mol. The number of rotatable bonds is 14. The summed E-state index contributed by atoms with van der Waals surface area (Å²) in [5, 5.41) is 14.9. The fraction of sp³-hybridized carbons (Fsp3) is 0.537. The lowest BCUT2D eigenvalue weighted by Gasteiger charge is -2.43. The number of piperidine rings is 1. The Hall–Kier alpha value is -7.03. The molecule has 18 heteroatoms. The van der Waals surface area contributed by atoms with Crippen LogP contribution in [0.25, 0.3) is 11.3 Å². The SMILES string of the molecule is CC[C@@H]1C(=O)N(C)c2cnc(Nc3ccc(-c4cn(C5CCC(N(CCCCCC#Cc6cccc7c6CN(C6CCC(=O)NC6=O)C7=O)C(=O)OC(C)(C)C)CC5)nn4)cc3OC)nc2N1C1CCCC1. The first kappa shape index (κ1) is 49.9. The number of carbonyl (C=O) groups is 5. The van der Waals surface area contributed by atoms with Crippen LogP contribution in [0.1, 0.15) is 152 Å². The first-order chi connectivity index (χ1) is 34.7. The molecule has 2 aliphatic carbocycles. The number of imide groups is 1. The van der Waals surface area contributed by atoms with Crippen LogP contribution in [-0.2, 0) is 25.7 Å². The van der Waals surface area contributed by atoms with Crippen molar-refractivity contribution in [2.24, 2.45) is 0 Å². The smallest absolute Gasteiger partial charge is 0.410 e. The molecule has 0 radical (unpaired) electrons. The van der Waals surface area contributed by atoms with Gasteiger partial charge in [0.1, 0.15) is 34.8 Å². The van der Waals surface area contributed by atoms with Crippen LogP contribution in [0.3, 0.4) is 0 Å². The third-order valence-electron chi connectivity index (χ3n) is 14.8. The number of anilines is 4. The maximum atomic E-state index is 13.7. The Bertz CT molecular complexity index is 2760. The molecule has 5 heterocycles. The van der Waals surface area contributed by atoms with Crippen LogP contribution in [0.15, 0.2) is 48.8 Å². The molecule has 3 fully saturated rings. The minimum absolute atomic E-state index is 0.0344. The highest BCUT2D eigenvalue weighted by Crippen LogP contribution is 2.41. The summed E-state index contributed by atoms with van der Waals surface area (Å²) >= 11 is 0. The average Bonchev–Trinajstić information content (AvgIpc) is 4.15. The van der Waals surface area contributed by atoms with Crippen LogP contribution in [0, 0.1) is 11.8 Å². The number of aromatic nitrogens is 5. The van der Waals surface area contributed by atoms with Crippen molar-refractivity contribution in [3.63, 3.8) is 0 Å². The summed E-state index contributed by atoms with van der Waals surface area (Å²) in [6.07, 6.45) is 15.5. The Morgan fingerprint density at radius 3 is 2.50 bits per heavy atom. The third kappa shape index (κ3) is 10.6. The molecule has 2 N–H and O–H groups in total. The Kier molecular flexibility index (Phi) is 14.8. The summed E-state index contributed by atoms with van der Waals surface area (Å²) in [7, 11) is 3.43. The van der Waals surface area contributed by atoms with E-state index < -0.39 is 17.6 Å². The maximum Gasteiger partial charge on any atom is 0.410 e. The number of methoxy groups -OCH3 is 1. The monoisotopic (exact) mass is 982 g/mol. The number of fused-ring (bicyclic) bond motifs is 2. The van der Waals surface area contributed by atoms with Gasteiger partial charge >= 0.3 is 6.09 Å². The van der Waals surface area contributed by atoms with Crippen molar-refractivity contribution in [3.05, 3.63) is 65.5 Å². The van der Waals surface area contributed by atoms with Gasteiger partial charge in [0.05, 0.1) is 31.2 Å². The highest BCUT2D eigenvalue weighted by Gasteiger charge is 2.42. The highest BCUT2D eigenvalue weighted by atomic mass is 16.6. The quantitative estimate of drug-likeness (QED) is 0.0699. The first-order valence-electron chi connectivity index (χ1n) is 25.8. The normalized spacial score (nSPS) is 21.2. The Morgan fingerprint density at radius 2 is 1.76 bits per heavy atom. The van der Waals surface area contributed by atoms with E-state index in [-0.39, 0.29) is 60.9 Å². The lowest BCUT2D eigenvalue weighted by Crippen LogP contribution is -2.55. The molecule has 4 aromatic rings. The molecule has 72 heavy (non-hydrogen) atoms. The molecule has 2 atom stereocenters. The topological polar surface area (TPSA) is 197 Å². The van der Waals surface area contributed by atoms with Crippen molar-refractivity contribution in [1.82, 2.24) is 40.1 Å². The zero-order valence-electron chi connectivity index (χ0n) is 42.4. The Labute approximate surface area is 421 Å². The van der Waals surface area contributed by atoms with Crippen molar-refractivity contribution in [2.45, 2.75) is 166 Å². The number of amides is 5. The molecule has 380 valence electrons. The molecule has 2 saturated carbocycles. The lowest BCUT2D eigenvalue weighted by atomic mass is 9.90. The summed E-state index contributed by atoms with van der Waals surface area (Å²) in [6.45, 7) is 8.60. The van der Waals surface area contributed by atoms with Gasteiger partial charge in [0, 0.05) is 61.8 Å². The Morgan fingerprint density at radius 1 is 0.972 bits per heavy atom. The van der Waals surface area contributed by atoms with Gasteiger partial charge in [0.15, 0.2) is 5.82 Å². The van der Waals surface area contributed by atoms with E-state index in [1.165, 1.54) is 0 Å². The number of nitrogens with zero attached hydrogens (tertiary/aromatic N) is 9. The van der Waals surface area contributed by atoms with Gasteiger partial charge in [-0.2, -0.15) is 4.98 Å². The molecule has 1 unspecified atom stereocenters. The molecule has 9 rings (SSSR count). The van der Waals surface area contributed by atoms with Crippen LogP contribution in [-0.4, -0.2) is 115 Å². The fourth-order valence-electron chi connectivity index (χ4n) is 11.0. The molecule has 5 aliphatic rings. The van der Waals surface area contributed by atoms with E-state index >= 15 is 0 Å². The second-order valence-corrected chi connectivity index (χ2v) is 20.7. The number of carbonyl (C=O) groups excluding carboxylic acids is 5. The molecule has 5 amide bonds. The van der Waals surface area contributed by atoms with Crippen molar-refractivity contribution >= 4 is 52.9 Å². The second kappa shape index (κ2) is 21.4. The van der Waals surface area contributed by atoms with E-state index in [0.717, 1.165) is 98.8 Å². The van der Waals surface area contributed by atoms with Gasteiger partial charge in [-0.1, -0.05) is 55.4 Å². The van der Waals surface area contributed by atoms with Gasteiger partial charge in [0.2, 0.25) is 23.7 Å². The van der Waals surface area contributed by atoms with E-state index in [1.807, 2.05) is 66.9 Å². The first-order valence-corrected chi connectivity index (χ1v) is 25.8. The number of hydrogen-bond acceptors (Lipinski definition) is 13. The van der Waals surface area contributed by atoms with Crippen molar-refractivity contribution < 1.29 is 33.4 Å². The molecule has 0 bridgehead atoms. The maximum absolute atomic E-state index is 13.7. The van der Waals surface area contributed by atoms with Gasteiger partial charge in [0.25, 0.3) is 5.91 Å². The Balaban J connectivity index is 0.788. The number of ether oxygens (including phenoxy) is 2. The molecule has 0 spiro atoms. The predicted molar refractivity (Wildman–Crippen MR) is 272 cm³/mol. The van der Waals surface area contributed by atoms with E-state index in [2.05, 4.69) is 49.6 Å². The zero-order chi connectivity index (χ0) is 50.7. The van der Waals surface area contributed by atoms with Crippen molar-refractivity contribution in [2.75, 3.05) is 35.8 Å². The van der Waals surface area contributed by atoms with Crippen LogP contribution in [0.5, 0.6) is 5.75 Å². The molecule has 1 saturated heterocycles. The minimum atomic E-state index is -0.669.